The highest BCUT2D eigenvalue weighted by Crippen LogP contribution is 2.26. The highest BCUT2D eigenvalue weighted by Gasteiger charge is 2.05. The van der Waals surface area contributed by atoms with Crippen molar-refractivity contribution in [2.75, 3.05) is 7.11 Å². The minimum atomic E-state index is 0.720. The van der Waals surface area contributed by atoms with Gasteiger partial charge < -0.3 is 4.74 Å². The zero-order chi connectivity index (χ0) is 13.4. The lowest BCUT2D eigenvalue weighted by atomic mass is 10.2. The quantitative estimate of drug-likeness (QED) is 0.430. The van der Waals surface area contributed by atoms with Crippen LogP contribution in [0.2, 0.25) is 0 Å². The van der Waals surface area contributed by atoms with Gasteiger partial charge in [-0.25, -0.2) is 4.99 Å². The molecule has 0 heterocycles. The van der Waals surface area contributed by atoms with Crippen molar-refractivity contribution < 1.29 is 4.74 Å². The molecule has 0 N–H and O–H groups in total. The first kappa shape index (κ1) is 14.6. The molecule has 18 heavy (non-hydrogen) atoms. The molecule has 0 aliphatic carbocycles. The van der Waals surface area contributed by atoms with Crippen LogP contribution >= 0.6 is 11.8 Å². The number of ether oxygens (including phenoxy) is 1. The van der Waals surface area contributed by atoms with Crippen LogP contribution in [0.3, 0.4) is 0 Å². The first-order chi connectivity index (χ1) is 8.67. The van der Waals surface area contributed by atoms with Crippen molar-refractivity contribution >= 4 is 17.5 Å². The molecule has 0 aliphatic rings. The van der Waals surface area contributed by atoms with E-state index in [9.17, 15) is 0 Å². The summed E-state index contributed by atoms with van der Waals surface area (Å²) in [5.74, 6) is 1.59. The monoisotopic (exact) mass is 261 g/mol. The fourth-order valence-electron chi connectivity index (χ4n) is 1.35. The highest BCUT2D eigenvalue weighted by atomic mass is 32.2. The number of thioether (sulfide) groups is 1. The number of methoxy groups -OCH3 is 1. The van der Waals surface area contributed by atoms with Crippen molar-refractivity contribution in [3.05, 3.63) is 59.3 Å². The summed E-state index contributed by atoms with van der Waals surface area (Å²) >= 11 is 1.66. The molecular formula is C15H19NOS. The molecule has 1 aromatic rings. The van der Waals surface area contributed by atoms with Gasteiger partial charge in [-0.1, -0.05) is 48.7 Å². The highest BCUT2D eigenvalue weighted by molar-refractivity contribution is 8.02. The summed E-state index contributed by atoms with van der Waals surface area (Å²) in [6.07, 6.45) is 1.69. The molecule has 2 nitrogen and oxygen atoms in total. The van der Waals surface area contributed by atoms with Gasteiger partial charge in [0.25, 0.3) is 0 Å². The Labute approximate surface area is 113 Å². The Hall–Kier alpha value is -1.48. The molecule has 0 unspecified atom stereocenters. The number of allylic oxidation sites excluding steroid dienone is 1. The third-order valence-electron chi connectivity index (χ3n) is 2.16. The molecule has 1 aromatic carbocycles. The second-order valence-corrected chi connectivity index (χ2v) is 4.87. The average Bonchev–Trinajstić information content (AvgIpc) is 2.38. The van der Waals surface area contributed by atoms with Crippen LogP contribution in [0.15, 0.2) is 58.8 Å². The number of benzene rings is 1. The Bertz CT molecular complexity index is 445. The molecule has 96 valence electrons. The zero-order valence-corrected chi connectivity index (χ0v) is 12.0. The standard InChI is InChI=1S/C15H19NOS/c1-5-14(17-4)15(16-12(2)3)18-11-13-9-7-6-8-10-13/h5-10H,1,11H2,2-4H3/b15-14-. The maximum absolute atomic E-state index is 5.28. The van der Waals surface area contributed by atoms with Crippen LogP contribution in [-0.2, 0) is 10.5 Å². The molecule has 0 aliphatic heterocycles. The van der Waals surface area contributed by atoms with Crippen LogP contribution in [0.25, 0.3) is 0 Å². The van der Waals surface area contributed by atoms with Gasteiger partial charge in [0.2, 0.25) is 0 Å². The van der Waals surface area contributed by atoms with Crippen LogP contribution in [0.4, 0.5) is 0 Å². The van der Waals surface area contributed by atoms with E-state index in [1.165, 1.54) is 5.56 Å². The number of hydrogen-bond acceptors (Lipinski definition) is 3. The van der Waals surface area contributed by atoms with E-state index in [1.54, 1.807) is 24.9 Å². The summed E-state index contributed by atoms with van der Waals surface area (Å²) in [7, 11) is 1.64. The average molecular weight is 261 g/mol. The Morgan fingerprint density at radius 1 is 1.33 bits per heavy atom. The van der Waals surface area contributed by atoms with Crippen molar-refractivity contribution in [2.24, 2.45) is 4.99 Å². The lowest BCUT2D eigenvalue weighted by Crippen LogP contribution is -1.91. The van der Waals surface area contributed by atoms with Gasteiger partial charge in [0.1, 0.15) is 10.8 Å². The third kappa shape index (κ3) is 4.80. The van der Waals surface area contributed by atoms with Crippen molar-refractivity contribution in [3.8, 4) is 0 Å². The first-order valence-corrected chi connectivity index (χ1v) is 6.75. The summed E-state index contributed by atoms with van der Waals surface area (Å²) in [5.41, 5.74) is 2.27. The van der Waals surface area contributed by atoms with Crippen molar-refractivity contribution in [3.63, 3.8) is 0 Å². The molecule has 3 heteroatoms. The molecule has 0 aromatic heterocycles. The van der Waals surface area contributed by atoms with E-state index in [0.717, 1.165) is 22.3 Å². The van der Waals surface area contributed by atoms with Crippen molar-refractivity contribution in [2.45, 2.75) is 19.6 Å². The normalized spacial score (nSPS) is 11.5. The van der Waals surface area contributed by atoms with Crippen LogP contribution < -0.4 is 0 Å². The fraction of sp³-hybridized carbons (Fsp3) is 0.267. The van der Waals surface area contributed by atoms with Gasteiger partial charge in [0.15, 0.2) is 0 Å². The fourth-order valence-corrected chi connectivity index (χ4v) is 2.40. The number of aliphatic imine (C=N–C) groups is 1. The lowest BCUT2D eigenvalue weighted by Gasteiger charge is -2.08. The second kappa shape index (κ2) is 7.77. The van der Waals surface area contributed by atoms with Gasteiger partial charge in [-0.05, 0) is 25.5 Å². The van der Waals surface area contributed by atoms with Gasteiger partial charge in [-0.15, -0.1) is 0 Å². The Morgan fingerprint density at radius 2 is 2.00 bits per heavy atom. The van der Waals surface area contributed by atoms with E-state index >= 15 is 0 Å². The van der Waals surface area contributed by atoms with Crippen LogP contribution in [-0.4, -0.2) is 12.8 Å². The maximum atomic E-state index is 5.28. The smallest absolute Gasteiger partial charge is 0.150 e. The SMILES string of the molecule is C=C/C(OC)=C(\N=C(C)C)SCc1ccccc1. The van der Waals surface area contributed by atoms with E-state index in [2.05, 4.69) is 23.7 Å². The van der Waals surface area contributed by atoms with Crippen LogP contribution in [0, 0.1) is 0 Å². The second-order valence-electron chi connectivity index (χ2n) is 3.91. The largest absolute Gasteiger partial charge is 0.494 e. The van der Waals surface area contributed by atoms with Crippen LogP contribution in [0.1, 0.15) is 19.4 Å². The molecule has 0 spiro atoms. The van der Waals surface area contributed by atoms with E-state index in [-0.39, 0.29) is 0 Å². The van der Waals surface area contributed by atoms with Crippen molar-refractivity contribution in [1.82, 2.24) is 0 Å². The van der Waals surface area contributed by atoms with Gasteiger partial charge in [0, 0.05) is 11.5 Å². The zero-order valence-electron chi connectivity index (χ0n) is 11.1. The third-order valence-corrected chi connectivity index (χ3v) is 3.20. The van der Waals surface area contributed by atoms with E-state index < -0.39 is 0 Å². The summed E-state index contributed by atoms with van der Waals surface area (Å²) in [6, 6.07) is 10.3. The molecule has 0 bridgehead atoms. The maximum Gasteiger partial charge on any atom is 0.150 e. The molecule has 0 amide bonds. The molecule has 1 rings (SSSR count). The Balaban J connectivity index is 2.84. The summed E-state index contributed by atoms with van der Waals surface area (Å²) in [4.78, 5) is 4.50. The summed E-state index contributed by atoms with van der Waals surface area (Å²) in [5, 5.41) is 0.872. The lowest BCUT2D eigenvalue weighted by molar-refractivity contribution is 0.305. The predicted molar refractivity (Wildman–Crippen MR) is 80.8 cm³/mol. The predicted octanol–water partition coefficient (Wildman–Crippen LogP) is 4.40. The minimum Gasteiger partial charge on any atom is -0.494 e. The minimum absolute atomic E-state index is 0.720. The molecule has 0 atom stereocenters. The summed E-state index contributed by atoms with van der Waals surface area (Å²) in [6.45, 7) is 7.69. The molecule has 0 fully saturated rings. The molecular weight excluding hydrogens is 242 g/mol. The van der Waals surface area contributed by atoms with E-state index in [4.69, 9.17) is 4.74 Å². The summed E-state index contributed by atoms with van der Waals surface area (Å²) < 4.78 is 5.28. The van der Waals surface area contributed by atoms with Gasteiger partial charge in [-0.3, -0.25) is 0 Å². The van der Waals surface area contributed by atoms with Gasteiger partial charge in [-0.2, -0.15) is 0 Å². The van der Waals surface area contributed by atoms with E-state index in [0.29, 0.717) is 0 Å². The topological polar surface area (TPSA) is 21.6 Å². The first-order valence-electron chi connectivity index (χ1n) is 5.76. The van der Waals surface area contributed by atoms with Crippen molar-refractivity contribution in [1.29, 1.82) is 0 Å². The molecule has 0 radical (unpaired) electrons. The van der Waals surface area contributed by atoms with Gasteiger partial charge in [0.05, 0.1) is 7.11 Å². The number of hydrogen-bond donors (Lipinski definition) is 0. The molecule has 0 saturated carbocycles. The van der Waals surface area contributed by atoms with Gasteiger partial charge >= 0.3 is 0 Å². The number of rotatable bonds is 6. The van der Waals surface area contributed by atoms with Crippen LogP contribution in [0.5, 0.6) is 0 Å². The number of nitrogens with zero attached hydrogens (tertiary/aromatic N) is 1. The Kier molecular flexibility index (Phi) is 6.29. The van der Waals surface area contributed by atoms with E-state index in [1.807, 2.05) is 32.0 Å². The Morgan fingerprint density at radius 3 is 2.50 bits per heavy atom. The molecule has 0 saturated heterocycles.